The molecule has 0 unspecified atom stereocenters. The van der Waals surface area contributed by atoms with Gasteiger partial charge >= 0.3 is 0 Å². The number of hydrogen-bond acceptors (Lipinski definition) is 8. The molecule has 0 spiro atoms. The Kier molecular flexibility index (Phi) is 10.4. The van der Waals surface area contributed by atoms with Crippen LogP contribution in [0.4, 0.5) is 0 Å². The van der Waals surface area contributed by atoms with E-state index in [4.69, 9.17) is 18.9 Å². The maximum absolute atomic E-state index is 5.91. The van der Waals surface area contributed by atoms with Crippen molar-refractivity contribution in [3.63, 3.8) is 0 Å². The van der Waals surface area contributed by atoms with Gasteiger partial charge in [0.1, 0.15) is 11.7 Å². The topological polar surface area (TPSA) is 85.7 Å². The van der Waals surface area contributed by atoms with Crippen molar-refractivity contribution >= 4 is 36.5 Å². The summed E-state index contributed by atoms with van der Waals surface area (Å²) in [6.45, 7) is 4.36. The van der Waals surface area contributed by atoms with Crippen molar-refractivity contribution in [2.45, 2.75) is 6.42 Å². The van der Waals surface area contributed by atoms with E-state index in [0.717, 1.165) is 55.4 Å². The summed E-state index contributed by atoms with van der Waals surface area (Å²) >= 11 is 0. The molecule has 2 N–H and O–H groups in total. The summed E-state index contributed by atoms with van der Waals surface area (Å²) in [5.74, 6) is 4.59. The number of benzene rings is 2. The molecule has 2 aliphatic heterocycles. The molecule has 0 saturated carbocycles. The first-order valence-electron chi connectivity index (χ1n) is 10.5. The molecule has 0 fully saturated rings. The SMILES string of the molecule is COc1cc(C2=NCCN2)ccc1OCCCOc1ccc(C2=NCCN2)cc1OC.Cl.Cl. The number of hydrogen-bond donors (Lipinski definition) is 2. The maximum Gasteiger partial charge on any atom is 0.161 e. The maximum atomic E-state index is 5.91. The predicted molar refractivity (Wildman–Crippen MR) is 135 cm³/mol. The molecule has 2 aliphatic rings. The number of nitrogens with zero attached hydrogens (tertiary/aromatic N) is 2. The quantitative estimate of drug-likeness (QED) is 0.491. The van der Waals surface area contributed by atoms with Gasteiger partial charge in [-0.25, -0.2) is 0 Å². The molecule has 0 aliphatic carbocycles. The first-order chi connectivity index (χ1) is 15.3. The van der Waals surface area contributed by atoms with E-state index in [1.807, 2.05) is 36.4 Å². The second-order valence-electron chi connectivity index (χ2n) is 7.10. The largest absolute Gasteiger partial charge is 0.493 e. The lowest BCUT2D eigenvalue weighted by molar-refractivity contribution is 0.234. The van der Waals surface area contributed by atoms with Crippen LogP contribution >= 0.6 is 24.8 Å². The summed E-state index contributed by atoms with van der Waals surface area (Å²) in [6.07, 6.45) is 0.721. The van der Waals surface area contributed by atoms with Crippen LogP contribution in [0, 0.1) is 0 Å². The van der Waals surface area contributed by atoms with Gasteiger partial charge in [0.25, 0.3) is 0 Å². The monoisotopic (exact) mass is 496 g/mol. The highest BCUT2D eigenvalue weighted by Gasteiger charge is 2.14. The molecule has 0 radical (unpaired) electrons. The summed E-state index contributed by atoms with van der Waals surface area (Å²) in [5, 5.41) is 6.53. The fourth-order valence-electron chi connectivity index (χ4n) is 3.47. The van der Waals surface area contributed by atoms with Gasteiger partial charge in [-0.15, -0.1) is 24.8 Å². The van der Waals surface area contributed by atoms with Crippen LogP contribution in [0.15, 0.2) is 46.4 Å². The highest BCUT2D eigenvalue weighted by atomic mass is 35.5. The van der Waals surface area contributed by atoms with Crippen molar-refractivity contribution in [2.24, 2.45) is 9.98 Å². The van der Waals surface area contributed by atoms with Crippen LogP contribution in [0.2, 0.25) is 0 Å². The number of methoxy groups -OCH3 is 2. The Morgan fingerprint density at radius 2 is 1.15 bits per heavy atom. The van der Waals surface area contributed by atoms with E-state index in [1.165, 1.54) is 0 Å². The Balaban J connectivity index is 0.00000193. The van der Waals surface area contributed by atoms with Crippen molar-refractivity contribution in [3.05, 3.63) is 47.5 Å². The van der Waals surface area contributed by atoms with Crippen LogP contribution in [0.3, 0.4) is 0 Å². The van der Waals surface area contributed by atoms with Gasteiger partial charge in [-0.2, -0.15) is 0 Å². The smallest absolute Gasteiger partial charge is 0.161 e. The zero-order chi connectivity index (χ0) is 21.5. The fraction of sp³-hybridized carbons (Fsp3) is 0.391. The minimum atomic E-state index is 0. The lowest BCUT2D eigenvalue weighted by atomic mass is 10.2. The van der Waals surface area contributed by atoms with Gasteiger partial charge in [0.15, 0.2) is 23.0 Å². The molecule has 0 saturated heterocycles. The molecule has 180 valence electrons. The van der Waals surface area contributed by atoms with Crippen LogP contribution in [0.25, 0.3) is 0 Å². The van der Waals surface area contributed by atoms with Crippen LogP contribution in [0.1, 0.15) is 17.5 Å². The second-order valence-corrected chi connectivity index (χ2v) is 7.10. The third kappa shape index (κ3) is 6.58. The first-order valence-corrected chi connectivity index (χ1v) is 10.5. The van der Waals surface area contributed by atoms with Crippen LogP contribution in [-0.2, 0) is 0 Å². The third-order valence-electron chi connectivity index (χ3n) is 5.03. The molecule has 2 aromatic rings. The minimum absolute atomic E-state index is 0. The van der Waals surface area contributed by atoms with Crippen LogP contribution < -0.4 is 29.6 Å². The number of amidine groups is 2. The van der Waals surface area contributed by atoms with Crippen LogP contribution in [0.5, 0.6) is 23.0 Å². The lowest BCUT2D eigenvalue weighted by Crippen LogP contribution is -2.19. The Bertz CT molecular complexity index is 907. The summed E-state index contributed by atoms with van der Waals surface area (Å²) in [5.41, 5.74) is 2.00. The molecular weight excluding hydrogens is 467 g/mol. The molecule has 33 heavy (non-hydrogen) atoms. The summed E-state index contributed by atoms with van der Waals surface area (Å²) in [7, 11) is 3.28. The Labute approximate surface area is 206 Å². The number of ether oxygens (including phenoxy) is 4. The predicted octanol–water partition coefficient (Wildman–Crippen LogP) is 3.09. The van der Waals surface area contributed by atoms with Crippen LogP contribution in [-0.4, -0.2) is 65.3 Å². The van der Waals surface area contributed by atoms with Crippen molar-refractivity contribution in [1.82, 2.24) is 10.6 Å². The molecule has 0 bridgehead atoms. The minimum Gasteiger partial charge on any atom is -0.493 e. The van der Waals surface area contributed by atoms with Gasteiger partial charge < -0.3 is 29.6 Å². The molecule has 0 atom stereocenters. The van der Waals surface area contributed by atoms with Crippen molar-refractivity contribution in [2.75, 3.05) is 53.6 Å². The third-order valence-corrected chi connectivity index (χ3v) is 5.03. The standard InChI is InChI=1S/C23H28N4O4.2ClH/c1-28-20-14-16(22-24-8-9-25-22)4-6-18(20)30-12-3-13-31-19-7-5-17(15-21(19)29-2)23-26-10-11-27-23;;/h4-7,14-15H,3,8-13H2,1-2H3,(H,24,25)(H,26,27);2*1H. The van der Waals surface area contributed by atoms with Gasteiger partial charge in [-0.1, -0.05) is 0 Å². The van der Waals surface area contributed by atoms with Gasteiger partial charge in [0.05, 0.1) is 40.5 Å². The Hall–Kier alpha value is -2.84. The van der Waals surface area contributed by atoms with Gasteiger partial charge in [-0.3, -0.25) is 9.98 Å². The first kappa shape index (κ1) is 26.4. The van der Waals surface area contributed by atoms with E-state index < -0.39 is 0 Å². The average Bonchev–Trinajstić information content (AvgIpc) is 3.53. The lowest BCUT2D eigenvalue weighted by Gasteiger charge is -2.14. The zero-order valence-electron chi connectivity index (χ0n) is 18.8. The molecule has 10 heteroatoms. The molecule has 4 rings (SSSR count). The number of aliphatic imine (C=N–C) groups is 2. The molecule has 0 amide bonds. The average molecular weight is 497 g/mol. The fourth-order valence-corrected chi connectivity index (χ4v) is 3.47. The van der Waals surface area contributed by atoms with Gasteiger partial charge in [-0.05, 0) is 36.4 Å². The van der Waals surface area contributed by atoms with E-state index in [1.54, 1.807) is 14.2 Å². The highest BCUT2D eigenvalue weighted by Crippen LogP contribution is 2.30. The number of halogens is 2. The Morgan fingerprint density at radius 3 is 1.52 bits per heavy atom. The van der Waals surface area contributed by atoms with E-state index in [2.05, 4.69) is 20.6 Å². The van der Waals surface area contributed by atoms with E-state index in [-0.39, 0.29) is 24.8 Å². The molecular formula is C23H30Cl2N4O4. The van der Waals surface area contributed by atoms with E-state index in [9.17, 15) is 0 Å². The summed E-state index contributed by atoms with van der Waals surface area (Å²) in [4.78, 5) is 8.88. The van der Waals surface area contributed by atoms with Crippen molar-refractivity contribution in [1.29, 1.82) is 0 Å². The summed E-state index contributed by atoms with van der Waals surface area (Å²) in [6, 6.07) is 11.7. The highest BCUT2D eigenvalue weighted by molar-refractivity contribution is 6.00. The van der Waals surface area contributed by atoms with Crippen molar-refractivity contribution < 1.29 is 18.9 Å². The van der Waals surface area contributed by atoms with Gasteiger partial charge in [0.2, 0.25) is 0 Å². The molecule has 2 aromatic carbocycles. The number of rotatable bonds is 10. The summed E-state index contributed by atoms with van der Waals surface area (Å²) < 4.78 is 22.8. The van der Waals surface area contributed by atoms with Gasteiger partial charge in [0, 0.05) is 30.6 Å². The van der Waals surface area contributed by atoms with E-state index in [0.29, 0.717) is 36.2 Å². The van der Waals surface area contributed by atoms with Crippen molar-refractivity contribution in [3.8, 4) is 23.0 Å². The Morgan fingerprint density at radius 1 is 0.697 bits per heavy atom. The molecule has 8 nitrogen and oxygen atoms in total. The van der Waals surface area contributed by atoms with E-state index >= 15 is 0 Å². The molecule has 2 heterocycles. The normalized spacial score (nSPS) is 14.0. The second kappa shape index (κ2) is 13.0. The number of nitrogens with one attached hydrogen (secondary N) is 2. The zero-order valence-corrected chi connectivity index (χ0v) is 20.4. The molecule has 0 aromatic heterocycles.